The minimum Gasteiger partial charge on any atom is -0.364 e. The first-order valence-corrected chi connectivity index (χ1v) is 9.62. The van der Waals surface area contributed by atoms with Crippen LogP contribution >= 0.6 is 0 Å². The van der Waals surface area contributed by atoms with Crippen molar-refractivity contribution in [1.82, 2.24) is 10.3 Å². The van der Waals surface area contributed by atoms with E-state index in [-0.39, 0.29) is 11.9 Å². The normalized spacial score (nSPS) is 10.7. The molecule has 3 aromatic rings. The van der Waals surface area contributed by atoms with Crippen molar-refractivity contribution in [1.29, 1.82) is 0 Å². The van der Waals surface area contributed by atoms with Gasteiger partial charge in [0.15, 0.2) is 0 Å². The van der Waals surface area contributed by atoms with E-state index in [1.807, 2.05) is 54.7 Å². The molecular formula is C24H27N3O. The van der Waals surface area contributed by atoms with Crippen LogP contribution in [0.3, 0.4) is 0 Å². The standard InChI is InChI=1S/C24H27N3O/c1-18(2)27(17-21-7-5-4-6-8-21)23-13-22(15-25-16-23)24(28)26-14-20-11-9-19(3)10-12-20/h4-13,15-16,18H,14,17H2,1-3H3,(H,26,28). The van der Waals surface area contributed by atoms with Crippen molar-refractivity contribution in [2.75, 3.05) is 4.90 Å². The highest BCUT2D eigenvalue weighted by Gasteiger charge is 2.14. The summed E-state index contributed by atoms with van der Waals surface area (Å²) in [6.07, 6.45) is 3.44. The Bertz CT molecular complexity index is 905. The maximum atomic E-state index is 12.6. The van der Waals surface area contributed by atoms with Gasteiger partial charge in [-0.25, -0.2) is 0 Å². The van der Waals surface area contributed by atoms with Crippen molar-refractivity contribution in [3.05, 3.63) is 95.3 Å². The largest absolute Gasteiger partial charge is 0.364 e. The number of nitrogens with one attached hydrogen (secondary N) is 1. The first kappa shape index (κ1) is 19.6. The van der Waals surface area contributed by atoms with E-state index < -0.39 is 0 Å². The summed E-state index contributed by atoms with van der Waals surface area (Å²) in [6, 6.07) is 20.7. The molecule has 0 saturated heterocycles. The van der Waals surface area contributed by atoms with Gasteiger partial charge in [-0.1, -0.05) is 60.2 Å². The minimum atomic E-state index is -0.113. The van der Waals surface area contributed by atoms with E-state index in [1.165, 1.54) is 11.1 Å². The lowest BCUT2D eigenvalue weighted by molar-refractivity contribution is 0.0950. The summed E-state index contributed by atoms with van der Waals surface area (Å²) in [5, 5.41) is 2.98. The van der Waals surface area contributed by atoms with Crippen LogP contribution in [0.25, 0.3) is 0 Å². The Kier molecular flexibility index (Phi) is 6.43. The smallest absolute Gasteiger partial charge is 0.253 e. The van der Waals surface area contributed by atoms with Gasteiger partial charge in [-0.05, 0) is 38.0 Å². The van der Waals surface area contributed by atoms with E-state index in [0.29, 0.717) is 12.1 Å². The van der Waals surface area contributed by atoms with Gasteiger partial charge in [0.25, 0.3) is 5.91 Å². The average Bonchev–Trinajstić information content (AvgIpc) is 2.72. The molecular weight excluding hydrogens is 346 g/mol. The quantitative estimate of drug-likeness (QED) is 0.651. The SMILES string of the molecule is Cc1ccc(CNC(=O)c2cncc(N(Cc3ccccc3)C(C)C)c2)cc1. The van der Waals surface area contributed by atoms with E-state index in [0.717, 1.165) is 17.8 Å². The Labute approximate surface area is 167 Å². The van der Waals surface area contributed by atoms with E-state index >= 15 is 0 Å². The van der Waals surface area contributed by atoms with Crippen LogP contribution < -0.4 is 10.2 Å². The number of carbonyl (C=O) groups excluding carboxylic acids is 1. The molecule has 3 rings (SSSR count). The van der Waals surface area contributed by atoms with Gasteiger partial charge in [-0.15, -0.1) is 0 Å². The summed E-state index contributed by atoms with van der Waals surface area (Å²) in [6.45, 7) is 7.62. The Balaban J connectivity index is 1.72. The first-order chi connectivity index (χ1) is 13.5. The predicted molar refractivity (Wildman–Crippen MR) is 114 cm³/mol. The molecule has 0 radical (unpaired) electrons. The molecule has 0 atom stereocenters. The van der Waals surface area contributed by atoms with E-state index in [1.54, 1.807) is 6.20 Å². The lowest BCUT2D eigenvalue weighted by Gasteiger charge is -2.29. The number of rotatable bonds is 7. The summed E-state index contributed by atoms with van der Waals surface area (Å²) in [5.41, 5.74) is 5.03. The Hall–Kier alpha value is -3.14. The number of carbonyl (C=O) groups is 1. The van der Waals surface area contributed by atoms with Gasteiger partial charge >= 0.3 is 0 Å². The number of nitrogens with zero attached hydrogens (tertiary/aromatic N) is 2. The molecule has 1 aromatic heterocycles. The molecule has 0 bridgehead atoms. The van der Waals surface area contributed by atoms with Crippen LogP contribution in [-0.4, -0.2) is 16.9 Å². The third kappa shape index (κ3) is 5.19. The predicted octanol–water partition coefficient (Wildman–Crippen LogP) is 4.74. The van der Waals surface area contributed by atoms with Crippen LogP contribution in [0.2, 0.25) is 0 Å². The highest BCUT2D eigenvalue weighted by Crippen LogP contribution is 2.20. The zero-order chi connectivity index (χ0) is 19.9. The number of aromatic nitrogens is 1. The molecule has 0 spiro atoms. The molecule has 0 aliphatic heterocycles. The van der Waals surface area contributed by atoms with E-state index in [2.05, 4.69) is 48.1 Å². The zero-order valence-electron chi connectivity index (χ0n) is 16.7. The highest BCUT2D eigenvalue weighted by molar-refractivity contribution is 5.94. The second kappa shape index (κ2) is 9.18. The van der Waals surface area contributed by atoms with Crippen molar-refractivity contribution >= 4 is 11.6 Å². The van der Waals surface area contributed by atoms with Crippen LogP contribution in [-0.2, 0) is 13.1 Å². The molecule has 0 saturated carbocycles. The summed E-state index contributed by atoms with van der Waals surface area (Å²) in [5.74, 6) is -0.113. The van der Waals surface area contributed by atoms with Crippen LogP contribution in [0, 0.1) is 6.92 Å². The maximum Gasteiger partial charge on any atom is 0.253 e. The fraction of sp³-hybridized carbons (Fsp3) is 0.250. The summed E-state index contributed by atoms with van der Waals surface area (Å²) >= 11 is 0. The molecule has 0 fully saturated rings. The van der Waals surface area contributed by atoms with Crippen LogP contribution in [0.15, 0.2) is 73.1 Å². The molecule has 1 N–H and O–H groups in total. The summed E-state index contributed by atoms with van der Waals surface area (Å²) in [4.78, 5) is 19.2. The number of amides is 1. The fourth-order valence-corrected chi connectivity index (χ4v) is 3.05. The molecule has 4 nitrogen and oxygen atoms in total. The number of anilines is 1. The van der Waals surface area contributed by atoms with Crippen LogP contribution in [0.5, 0.6) is 0 Å². The number of pyridine rings is 1. The molecule has 4 heteroatoms. The zero-order valence-corrected chi connectivity index (χ0v) is 16.7. The maximum absolute atomic E-state index is 12.6. The first-order valence-electron chi connectivity index (χ1n) is 9.62. The van der Waals surface area contributed by atoms with Gasteiger partial charge in [-0.2, -0.15) is 0 Å². The second-order valence-electron chi connectivity index (χ2n) is 7.31. The van der Waals surface area contributed by atoms with Crippen molar-refractivity contribution in [2.24, 2.45) is 0 Å². The Morgan fingerprint density at radius 3 is 2.39 bits per heavy atom. The van der Waals surface area contributed by atoms with E-state index in [9.17, 15) is 4.79 Å². The number of hydrogen-bond donors (Lipinski definition) is 1. The molecule has 0 aliphatic carbocycles. The van der Waals surface area contributed by atoms with Crippen molar-refractivity contribution in [3.63, 3.8) is 0 Å². The van der Waals surface area contributed by atoms with Gasteiger partial charge < -0.3 is 10.2 Å². The minimum absolute atomic E-state index is 0.113. The monoisotopic (exact) mass is 373 g/mol. The molecule has 144 valence electrons. The van der Waals surface area contributed by atoms with Crippen molar-refractivity contribution < 1.29 is 4.79 Å². The number of aryl methyl sites for hydroxylation is 1. The summed E-state index contributed by atoms with van der Waals surface area (Å²) in [7, 11) is 0. The van der Waals surface area contributed by atoms with Crippen LogP contribution in [0.1, 0.15) is 40.9 Å². The molecule has 2 aromatic carbocycles. The summed E-state index contributed by atoms with van der Waals surface area (Å²) < 4.78 is 0. The van der Waals surface area contributed by atoms with Gasteiger partial charge in [0, 0.05) is 25.3 Å². The fourth-order valence-electron chi connectivity index (χ4n) is 3.05. The lowest BCUT2D eigenvalue weighted by atomic mass is 10.1. The Morgan fingerprint density at radius 2 is 1.71 bits per heavy atom. The molecule has 1 amide bonds. The van der Waals surface area contributed by atoms with Gasteiger partial charge in [0.2, 0.25) is 0 Å². The molecule has 0 aliphatic rings. The number of benzene rings is 2. The molecule has 1 heterocycles. The molecule has 28 heavy (non-hydrogen) atoms. The van der Waals surface area contributed by atoms with Gasteiger partial charge in [-0.3, -0.25) is 9.78 Å². The van der Waals surface area contributed by atoms with Gasteiger partial charge in [0.05, 0.1) is 17.4 Å². The topological polar surface area (TPSA) is 45.2 Å². The van der Waals surface area contributed by atoms with E-state index in [4.69, 9.17) is 0 Å². The lowest BCUT2D eigenvalue weighted by Crippen LogP contribution is -2.31. The third-order valence-electron chi connectivity index (χ3n) is 4.71. The highest BCUT2D eigenvalue weighted by atomic mass is 16.1. The van der Waals surface area contributed by atoms with Gasteiger partial charge in [0.1, 0.15) is 0 Å². The second-order valence-corrected chi connectivity index (χ2v) is 7.31. The molecule has 0 unspecified atom stereocenters. The number of hydrogen-bond acceptors (Lipinski definition) is 3. The average molecular weight is 374 g/mol. The Morgan fingerprint density at radius 1 is 1.00 bits per heavy atom. The van der Waals surface area contributed by atoms with Crippen molar-refractivity contribution in [2.45, 2.75) is 39.9 Å². The van der Waals surface area contributed by atoms with Crippen molar-refractivity contribution in [3.8, 4) is 0 Å². The van der Waals surface area contributed by atoms with Crippen LogP contribution in [0.4, 0.5) is 5.69 Å². The third-order valence-corrected chi connectivity index (χ3v) is 4.71.